The van der Waals surface area contributed by atoms with Gasteiger partial charge >= 0.3 is 0 Å². The average Bonchev–Trinajstić information content (AvgIpc) is 2.63. The molecule has 3 N–H and O–H groups in total. The lowest BCUT2D eigenvalue weighted by Gasteiger charge is -2.10. The number of ether oxygens (including phenoxy) is 1. The van der Waals surface area contributed by atoms with Crippen molar-refractivity contribution in [2.45, 2.75) is 26.8 Å². The summed E-state index contributed by atoms with van der Waals surface area (Å²) in [7, 11) is 0. The van der Waals surface area contributed by atoms with Crippen molar-refractivity contribution in [1.82, 2.24) is 5.32 Å². The topological polar surface area (TPSA) is 64.3 Å². The van der Waals surface area contributed by atoms with Crippen molar-refractivity contribution < 1.29 is 9.53 Å². The van der Waals surface area contributed by atoms with Gasteiger partial charge < -0.3 is 15.8 Å². The molecule has 4 nitrogen and oxygen atoms in total. The molecule has 5 heteroatoms. The standard InChI is InChI=1S/C21H23BrN2O2/c1-3-4-7-18(15(2)23)21(25)24-14-16-10-12-17(13-11-16)26-20-9-6-5-8-19(20)22/h4-13H,3,14,23H2,1-2H3,(H,24,25)/b7-4-,18-15-. The summed E-state index contributed by atoms with van der Waals surface area (Å²) >= 11 is 3.46. The number of carbonyl (C=O) groups excluding carboxylic acids is 1. The van der Waals surface area contributed by atoms with Gasteiger partial charge in [-0.15, -0.1) is 0 Å². The third-order valence-corrected chi connectivity index (χ3v) is 4.29. The Morgan fingerprint density at radius 1 is 1.19 bits per heavy atom. The molecule has 0 heterocycles. The number of nitrogens with two attached hydrogens (primary N) is 1. The molecule has 0 aromatic heterocycles. The van der Waals surface area contributed by atoms with Crippen LogP contribution in [0.1, 0.15) is 25.8 Å². The maximum Gasteiger partial charge on any atom is 0.253 e. The molecular formula is C21H23BrN2O2. The van der Waals surface area contributed by atoms with Crippen molar-refractivity contribution in [3.05, 3.63) is 82.0 Å². The van der Waals surface area contributed by atoms with E-state index >= 15 is 0 Å². The molecule has 2 rings (SSSR count). The van der Waals surface area contributed by atoms with Gasteiger partial charge in [-0.3, -0.25) is 4.79 Å². The fraction of sp³-hybridized carbons (Fsp3) is 0.190. The molecule has 2 aromatic carbocycles. The first-order valence-corrected chi connectivity index (χ1v) is 9.23. The van der Waals surface area contributed by atoms with Crippen LogP contribution in [0.5, 0.6) is 11.5 Å². The minimum atomic E-state index is -0.178. The number of hydrogen-bond acceptors (Lipinski definition) is 3. The molecule has 0 aliphatic carbocycles. The van der Waals surface area contributed by atoms with Crippen LogP contribution in [0.3, 0.4) is 0 Å². The van der Waals surface area contributed by atoms with Gasteiger partial charge in [0.15, 0.2) is 0 Å². The van der Waals surface area contributed by atoms with Gasteiger partial charge in [0, 0.05) is 12.2 Å². The van der Waals surface area contributed by atoms with Gasteiger partial charge in [0.25, 0.3) is 5.91 Å². The van der Waals surface area contributed by atoms with Gasteiger partial charge in [0.1, 0.15) is 11.5 Å². The van der Waals surface area contributed by atoms with E-state index in [1.807, 2.05) is 61.5 Å². The molecule has 0 saturated heterocycles. The van der Waals surface area contributed by atoms with Crippen LogP contribution in [0.25, 0.3) is 0 Å². The van der Waals surface area contributed by atoms with Gasteiger partial charge in [-0.2, -0.15) is 0 Å². The number of carbonyl (C=O) groups is 1. The lowest BCUT2D eigenvalue weighted by atomic mass is 10.1. The van der Waals surface area contributed by atoms with Gasteiger partial charge in [-0.1, -0.05) is 43.3 Å². The number of rotatable bonds is 7. The molecule has 1 amide bonds. The lowest BCUT2D eigenvalue weighted by molar-refractivity contribution is -0.117. The Morgan fingerprint density at radius 2 is 1.88 bits per heavy atom. The summed E-state index contributed by atoms with van der Waals surface area (Å²) in [5.41, 5.74) is 7.78. The highest BCUT2D eigenvalue weighted by atomic mass is 79.9. The van der Waals surface area contributed by atoms with Crippen molar-refractivity contribution in [3.8, 4) is 11.5 Å². The van der Waals surface area contributed by atoms with Gasteiger partial charge in [-0.05, 0) is 59.1 Å². The molecule has 0 atom stereocenters. The number of nitrogens with one attached hydrogen (secondary N) is 1. The quantitative estimate of drug-likeness (QED) is 0.491. The smallest absolute Gasteiger partial charge is 0.253 e. The lowest BCUT2D eigenvalue weighted by Crippen LogP contribution is -2.25. The predicted molar refractivity (Wildman–Crippen MR) is 109 cm³/mol. The molecule has 0 spiro atoms. The Balaban J connectivity index is 1.97. The Kier molecular flexibility index (Phi) is 7.48. The molecular weight excluding hydrogens is 392 g/mol. The summed E-state index contributed by atoms with van der Waals surface area (Å²) in [6.45, 7) is 4.16. The molecule has 2 aromatic rings. The summed E-state index contributed by atoms with van der Waals surface area (Å²) in [6.07, 6.45) is 4.53. The second-order valence-corrected chi connectivity index (χ2v) is 6.62. The Hall–Kier alpha value is -2.53. The molecule has 0 saturated carbocycles. The van der Waals surface area contributed by atoms with Gasteiger partial charge in [-0.25, -0.2) is 0 Å². The van der Waals surface area contributed by atoms with E-state index in [1.54, 1.807) is 13.0 Å². The molecule has 26 heavy (non-hydrogen) atoms. The summed E-state index contributed by atoms with van der Waals surface area (Å²) in [6, 6.07) is 15.3. The monoisotopic (exact) mass is 414 g/mol. The number of para-hydroxylation sites is 1. The van der Waals surface area contributed by atoms with Crippen molar-refractivity contribution in [2.24, 2.45) is 5.73 Å². The minimum absolute atomic E-state index is 0.178. The zero-order valence-corrected chi connectivity index (χ0v) is 16.5. The van der Waals surface area contributed by atoms with Crippen molar-refractivity contribution in [2.75, 3.05) is 0 Å². The van der Waals surface area contributed by atoms with E-state index in [2.05, 4.69) is 21.2 Å². The maximum absolute atomic E-state index is 12.3. The highest BCUT2D eigenvalue weighted by molar-refractivity contribution is 9.10. The molecule has 0 fully saturated rings. The molecule has 0 bridgehead atoms. The van der Waals surface area contributed by atoms with Crippen LogP contribution in [0.15, 0.2) is 76.4 Å². The van der Waals surface area contributed by atoms with E-state index in [0.29, 0.717) is 17.8 Å². The molecule has 0 unspecified atom stereocenters. The highest BCUT2D eigenvalue weighted by Gasteiger charge is 2.08. The number of allylic oxidation sites excluding steroid dienone is 2. The van der Waals surface area contributed by atoms with E-state index in [0.717, 1.165) is 28.0 Å². The van der Waals surface area contributed by atoms with E-state index < -0.39 is 0 Å². The highest BCUT2D eigenvalue weighted by Crippen LogP contribution is 2.29. The first kappa shape index (κ1) is 19.8. The third kappa shape index (κ3) is 5.77. The largest absolute Gasteiger partial charge is 0.456 e. The van der Waals surface area contributed by atoms with E-state index in [9.17, 15) is 4.79 Å². The molecule has 0 aliphatic rings. The number of hydrogen-bond donors (Lipinski definition) is 2. The van der Waals surface area contributed by atoms with E-state index in [-0.39, 0.29) is 5.91 Å². The third-order valence-electron chi connectivity index (χ3n) is 3.63. The van der Waals surface area contributed by atoms with Crippen LogP contribution in [-0.2, 0) is 11.3 Å². The predicted octanol–water partition coefficient (Wildman–Crippen LogP) is 5.06. The second kappa shape index (κ2) is 9.82. The van der Waals surface area contributed by atoms with E-state index in [1.165, 1.54) is 0 Å². The van der Waals surface area contributed by atoms with Crippen LogP contribution < -0.4 is 15.8 Å². The number of halogens is 1. The second-order valence-electron chi connectivity index (χ2n) is 5.77. The zero-order valence-electron chi connectivity index (χ0n) is 15.0. The van der Waals surface area contributed by atoms with Crippen molar-refractivity contribution in [3.63, 3.8) is 0 Å². The normalized spacial score (nSPS) is 12.0. The average molecular weight is 415 g/mol. The fourth-order valence-corrected chi connectivity index (χ4v) is 2.60. The molecule has 136 valence electrons. The maximum atomic E-state index is 12.3. The zero-order chi connectivity index (χ0) is 18.9. The number of amides is 1. The summed E-state index contributed by atoms with van der Waals surface area (Å²) in [5, 5.41) is 2.89. The summed E-state index contributed by atoms with van der Waals surface area (Å²) in [4.78, 5) is 12.3. The van der Waals surface area contributed by atoms with Gasteiger partial charge in [0.05, 0.1) is 10.0 Å². The summed E-state index contributed by atoms with van der Waals surface area (Å²) < 4.78 is 6.73. The van der Waals surface area contributed by atoms with Crippen LogP contribution in [0.4, 0.5) is 0 Å². The van der Waals surface area contributed by atoms with Gasteiger partial charge in [0.2, 0.25) is 0 Å². The fourth-order valence-electron chi connectivity index (χ4n) is 2.23. The van der Waals surface area contributed by atoms with Crippen LogP contribution >= 0.6 is 15.9 Å². The van der Waals surface area contributed by atoms with Crippen molar-refractivity contribution >= 4 is 21.8 Å². The first-order chi connectivity index (χ1) is 12.5. The molecule has 0 radical (unpaired) electrons. The van der Waals surface area contributed by atoms with Crippen LogP contribution in [0, 0.1) is 0 Å². The van der Waals surface area contributed by atoms with E-state index in [4.69, 9.17) is 10.5 Å². The number of benzene rings is 2. The Morgan fingerprint density at radius 3 is 2.50 bits per heavy atom. The minimum Gasteiger partial charge on any atom is -0.456 e. The Labute approximate surface area is 162 Å². The Bertz CT molecular complexity index is 807. The first-order valence-electron chi connectivity index (χ1n) is 8.43. The molecule has 0 aliphatic heterocycles. The SMILES string of the molecule is CC/C=C\C(C(=O)NCc1ccc(Oc2ccccc2Br)cc1)=C(/C)N. The summed E-state index contributed by atoms with van der Waals surface area (Å²) in [5.74, 6) is 1.31. The van der Waals surface area contributed by atoms with Crippen LogP contribution in [0.2, 0.25) is 0 Å². The van der Waals surface area contributed by atoms with Crippen LogP contribution in [-0.4, -0.2) is 5.91 Å². The van der Waals surface area contributed by atoms with Crippen molar-refractivity contribution in [1.29, 1.82) is 0 Å².